The molecule has 2 saturated carbocycles. The Bertz CT molecular complexity index is 498. The number of rotatable bonds is 5. The fourth-order valence-electron chi connectivity index (χ4n) is 6.08. The van der Waals surface area contributed by atoms with E-state index < -0.39 is 12.2 Å². The molecular formula is C20H34O4. The van der Waals surface area contributed by atoms with Gasteiger partial charge in [0.25, 0.3) is 0 Å². The second-order valence-electron chi connectivity index (χ2n) is 9.13. The first-order valence-corrected chi connectivity index (χ1v) is 9.37. The Morgan fingerprint density at radius 1 is 1.12 bits per heavy atom. The summed E-state index contributed by atoms with van der Waals surface area (Å²) in [6, 6.07) is 0. The van der Waals surface area contributed by atoms with Gasteiger partial charge in [-0.3, -0.25) is 9.59 Å². The number of carbonyl (C=O) groups excluding carboxylic acids is 2. The fraction of sp³-hybridized carbons (Fsp3) is 0.900. The first kappa shape index (κ1) is 19.4. The number of carbonyl (C=O) groups is 2. The molecule has 138 valence electrons. The molecule has 0 aromatic rings. The lowest BCUT2D eigenvalue weighted by atomic mass is 9.45. The lowest BCUT2D eigenvalue weighted by molar-refractivity contribution is -0.199. The SMILES string of the molecule is CC(=O)O[C@]1(C)CC[C@H]2C(C)(C)CCC[C@]2(C)[C@H]1CCC(=O)CO. The lowest BCUT2D eigenvalue weighted by Crippen LogP contribution is -2.58. The average molecular weight is 338 g/mol. The van der Waals surface area contributed by atoms with Crippen molar-refractivity contribution in [3.05, 3.63) is 0 Å². The van der Waals surface area contributed by atoms with E-state index in [-0.39, 0.29) is 28.5 Å². The highest BCUT2D eigenvalue weighted by Gasteiger charge is 2.59. The molecule has 0 spiro atoms. The molecular weight excluding hydrogens is 304 g/mol. The summed E-state index contributed by atoms with van der Waals surface area (Å²) in [6.45, 7) is 10.2. The Hall–Kier alpha value is -0.900. The van der Waals surface area contributed by atoms with Crippen LogP contribution >= 0.6 is 0 Å². The van der Waals surface area contributed by atoms with E-state index in [1.54, 1.807) is 0 Å². The van der Waals surface area contributed by atoms with Crippen molar-refractivity contribution in [1.82, 2.24) is 0 Å². The van der Waals surface area contributed by atoms with Gasteiger partial charge < -0.3 is 9.84 Å². The number of hydrogen-bond donors (Lipinski definition) is 1. The number of ether oxygens (including phenoxy) is 1. The third-order valence-electron chi connectivity index (χ3n) is 7.00. The number of esters is 1. The largest absolute Gasteiger partial charge is 0.459 e. The van der Waals surface area contributed by atoms with E-state index in [2.05, 4.69) is 20.8 Å². The molecule has 0 unspecified atom stereocenters. The van der Waals surface area contributed by atoms with E-state index in [4.69, 9.17) is 9.84 Å². The predicted octanol–water partition coefficient (Wildman–Crippen LogP) is 3.89. The number of Topliss-reactive ketones (excluding diaryl/α,β-unsaturated/α-hetero) is 1. The van der Waals surface area contributed by atoms with Crippen LogP contribution in [0.4, 0.5) is 0 Å². The predicted molar refractivity (Wildman–Crippen MR) is 93.5 cm³/mol. The minimum absolute atomic E-state index is 0.0694. The lowest BCUT2D eigenvalue weighted by Gasteiger charge is -2.62. The molecule has 0 amide bonds. The molecule has 4 atom stereocenters. The fourth-order valence-corrected chi connectivity index (χ4v) is 6.08. The zero-order valence-corrected chi connectivity index (χ0v) is 16.0. The van der Waals surface area contributed by atoms with E-state index in [1.165, 1.54) is 19.8 Å². The molecule has 0 bridgehead atoms. The van der Waals surface area contributed by atoms with E-state index in [9.17, 15) is 9.59 Å². The van der Waals surface area contributed by atoms with Crippen LogP contribution in [0.25, 0.3) is 0 Å². The third kappa shape index (κ3) is 3.54. The summed E-state index contributed by atoms with van der Waals surface area (Å²) >= 11 is 0. The van der Waals surface area contributed by atoms with Crippen molar-refractivity contribution in [3.63, 3.8) is 0 Å². The van der Waals surface area contributed by atoms with Gasteiger partial charge in [-0.25, -0.2) is 0 Å². The average Bonchev–Trinajstić information content (AvgIpc) is 2.44. The van der Waals surface area contributed by atoms with Crippen molar-refractivity contribution in [2.75, 3.05) is 6.61 Å². The molecule has 2 rings (SSSR count). The standard InChI is InChI=1S/C20H34O4/c1-14(22)24-20(5)12-9-16-18(2,3)10-6-11-19(16,4)17(20)8-7-15(23)13-21/h16-17,21H,6-13H2,1-5H3/t16-,17+,19-,20+/m0/s1. The highest BCUT2D eigenvalue weighted by Crippen LogP contribution is 2.63. The van der Waals surface area contributed by atoms with Crippen LogP contribution in [0.2, 0.25) is 0 Å². The summed E-state index contributed by atoms with van der Waals surface area (Å²) in [5, 5.41) is 9.08. The van der Waals surface area contributed by atoms with E-state index >= 15 is 0 Å². The van der Waals surface area contributed by atoms with Gasteiger partial charge >= 0.3 is 5.97 Å². The Labute approximate surface area is 146 Å². The zero-order valence-electron chi connectivity index (χ0n) is 16.0. The van der Waals surface area contributed by atoms with Crippen LogP contribution in [-0.4, -0.2) is 29.1 Å². The molecule has 1 N–H and O–H groups in total. The highest BCUT2D eigenvalue weighted by atomic mass is 16.6. The summed E-state index contributed by atoms with van der Waals surface area (Å²) < 4.78 is 5.83. The van der Waals surface area contributed by atoms with Crippen molar-refractivity contribution in [2.45, 2.75) is 85.2 Å². The smallest absolute Gasteiger partial charge is 0.303 e. The van der Waals surface area contributed by atoms with Gasteiger partial charge in [-0.1, -0.05) is 27.2 Å². The van der Waals surface area contributed by atoms with Crippen LogP contribution < -0.4 is 0 Å². The second kappa shape index (κ2) is 6.78. The summed E-state index contributed by atoms with van der Waals surface area (Å²) in [6.07, 6.45) is 6.51. The maximum absolute atomic E-state index is 11.7. The van der Waals surface area contributed by atoms with Crippen molar-refractivity contribution in [2.24, 2.45) is 22.7 Å². The Morgan fingerprint density at radius 3 is 2.38 bits per heavy atom. The molecule has 0 aromatic carbocycles. The van der Waals surface area contributed by atoms with Gasteiger partial charge in [0.15, 0.2) is 5.78 Å². The van der Waals surface area contributed by atoms with Gasteiger partial charge in [0.1, 0.15) is 12.2 Å². The van der Waals surface area contributed by atoms with Crippen molar-refractivity contribution in [3.8, 4) is 0 Å². The minimum Gasteiger partial charge on any atom is -0.459 e. The molecule has 24 heavy (non-hydrogen) atoms. The normalized spacial score (nSPS) is 38.2. The highest BCUT2D eigenvalue weighted by molar-refractivity contribution is 5.79. The van der Waals surface area contributed by atoms with Crippen LogP contribution in [0.15, 0.2) is 0 Å². The molecule has 0 saturated heterocycles. The molecule has 0 heterocycles. The molecule has 0 aromatic heterocycles. The van der Waals surface area contributed by atoms with Crippen LogP contribution in [0, 0.1) is 22.7 Å². The quantitative estimate of drug-likeness (QED) is 0.772. The first-order chi connectivity index (χ1) is 11.0. The number of aliphatic hydroxyl groups is 1. The van der Waals surface area contributed by atoms with E-state index in [1.807, 2.05) is 6.92 Å². The van der Waals surface area contributed by atoms with Crippen LogP contribution in [0.1, 0.15) is 79.6 Å². The topological polar surface area (TPSA) is 63.6 Å². The van der Waals surface area contributed by atoms with Gasteiger partial charge in [-0.15, -0.1) is 0 Å². The summed E-state index contributed by atoms with van der Waals surface area (Å²) in [5.41, 5.74) is -0.163. The summed E-state index contributed by atoms with van der Waals surface area (Å²) in [4.78, 5) is 23.4. The maximum Gasteiger partial charge on any atom is 0.303 e. The number of hydrogen-bond acceptors (Lipinski definition) is 4. The van der Waals surface area contributed by atoms with Crippen molar-refractivity contribution >= 4 is 11.8 Å². The molecule has 0 radical (unpaired) electrons. The maximum atomic E-state index is 11.7. The zero-order chi connectivity index (χ0) is 18.2. The van der Waals surface area contributed by atoms with Gasteiger partial charge in [0.2, 0.25) is 0 Å². The molecule has 2 fully saturated rings. The van der Waals surface area contributed by atoms with Crippen molar-refractivity contribution in [1.29, 1.82) is 0 Å². The first-order valence-electron chi connectivity index (χ1n) is 9.37. The summed E-state index contributed by atoms with van der Waals surface area (Å²) in [7, 11) is 0. The molecule has 4 heteroatoms. The minimum atomic E-state index is -0.514. The van der Waals surface area contributed by atoms with Crippen LogP contribution in [0.5, 0.6) is 0 Å². The van der Waals surface area contributed by atoms with Crippen LogP contribution in [-0.2, 0) is 14.3 Å². The summed E-state index contributed by atoms with van der Waals surface area (Å²) in [5.74, 6) is 0.369. The third-order valence-corrected chi connectivity index (χ3v) is 7.00. The molecule has 0 aliphatic heterocycles. The Morgan fingerprint density at radius 2 is 1.79 bits per heavy atom. The number of aliphatic hydroxyl groups excluding tert-OH is 1. The van der Waals surface area contributed by atoms with Gasteiger partial charge in [0.05, 0.1) is 0 Å². The van der Waals surface area contributed by atoms with Gasteiger partial charge in [-0.2, -0.15) is 0 Å². The van der Waals surface area contributed by atoms with E-state index in [0.29, 0.717) is 18.8 Å². The molecule has 4 nitrogen and oxygen atoms in total. The molecule has 2 aliphatic rings. The Balaban J connectivity index is 2.35. The van der Waals surface area contributed by atoms with Gasteiger partial charge in [-0.05, 0) is 55.8 Å². The monoisotopic (exact) mass is 338 g/mol. The second-order valence-corrected chi connectivity index (χ2v) is 9.13. The van der Waals surface area contributed by atoms with Gasteiger partial charge in [0, 0.05) is 19.3 Å². The van der Waals surface area contributed by atoms with Crippen molar-refractivity contribution < 1.29 is 19.4 Å². The van der Waals surface area contributed by atoms with Crippen LogP contribution in [0.3, 0.4) is 0 Å². The van der Waals surface area contributed by atoms with E-state index in [0.717, 1.165) is 19.3 Å². The number of fused-ring (bicyclic) bond motifs is 1. The number of ketones is 1. The Kier molecular flexibility index (Phi) is 5.49. The molecule has 2 aliphatic carbocycles.